The van der Waals surface area contributed by atoms with Crippen LogP contribution in [0.1, 0.15) is 16.7 Å². The van der Waals surface area contributed by atoms with Crippen LogP contribution in [0.2, 0.25) is 0 Å². The lowest BCUT2D eigenvalue weighted by Crippen LogP contribution is -1.95. The zero-order chi connectivity index (χ0) is 16.8. The van der Waals surface area contributed by atoms with Crippen LogP contribution in [0.5, 0.6) is 17.2 Å². The quantitative estimate of drug-likeness (QED) is 0.617. The second-order valence-corrected chi connectivity index (χ2v) is 4.99. The topological polar surface area (TPSA) is 51.5 Å². The Morgan fingerprint density at radius 2 is 1.52 bits per heavy atom. The Kier molecular flexibility index (Phi) is 5.27. The number of aryl methyl sites for hydroxylation is 1. The minimum absolute atomic E-state index is 0.529. The molecule has 0 aliphatic heterocycles. The third-order valence-corrected chi connectivity index (χ3v) is 3.48. The molecule has 0 radical (unpaired) electrons. The van der Waals surface area contributed by atoms with Gasteiger partial charge < -0.3 is 14.2 Å². The van der Waals surface area contributed by atoms with Crippen LogP contribution in [0, 0.1) is 18.3 Å². The predicted molar refractivity (Wildman–Crippen MR) is 90.8 cm³/mol. The highest BCUT2D eigenvalue weighted by molar-refractivity contribution is 5.90. The van der Waals surface area contributed by atoms with Crippen molar-refractivity contribution in [2.45, 2.75) is 6.92 Å². The van der Waals surface area contributed by atoms with Crippen LogP contribution in [0.15, 0.2) is 36.4 Å². The summed E-state index contributed by atoms with van der Waals surface area (Å²) in [7, 11) is 4.69. The summed E-state index contributed by atoms with van der Waals surface area (Å²) in [5, 5.41) is 9.46. The Morgan fingerprint density at radius 3 is 1.96 bits per heavy atom. The standard InChI is InChI=1S/C19H19NO3/c1-13-5-7-15(8-6-13)16(12-20)9-14-10-17(21-2)19(23-4)18(11-14)22-3/h5-11H,1-4H3. The minimum Gasteiger partial charge on any atom is -0.493 e. The summed E-state index contributed by atoms with van der Waals surface area (Å²) in [6.45, 7) is 2.01. The Hall–Kier alpha value is -2.93. The first-order valence-electron chi connectivity index (χ1n) is 7.11. The van der Waals surface area contributed by atoms with E-state index < -0.39 is 0 Å². The molecule has 2 aromatic rings. The molecule has 0 saturated carbocycles. The van der Waals surface area contributed by atoms with E-state index in [-0.39, 0.29) is 0 Å². The fraction of sp³-hybridized carbons (Fsp3) is 0.211. The molecular formula is C19H19NO3. The van der Waals surface area contributed by atoms with Gasteiger partial charge in [-0.1, -0.05) is 29.8 Å². The number of benzene rings is 2. The Balaban J connectivity index is 2.52. The molecular weight excluding hydrogens is 290 g/mol. The van der Waals surface area contributed by atoms with Crippen molar-refractivity contribution in [3.05, 3.63) is 53.1 Å². The van der Waals surface area contributed by atoms with Gasteiger partial charge in [0, 0.05) is 0 Å². The van der Waals surface area contributed by atoms with Gasteiger partial charge in [0.15, 0.2) is 11.5 Å². The summed E-state index contributed by atoms with van der Waals surface area (Å²) in [5.74, 6) is 1.64. The molecule has 0 N–H and O–H groups in total. The molecule has 0 heterocycles. The van der Waals surface area contributed by atoms with E-state index in [9.17, 15) is 5.26 Å². The number of nitriles is 1. The maximum Gasteiger partial charge on any atom is 0.203 e. The minimum atomic E-state index is 0.529. The lowest BCUT2D eigenvalue weighted by molar-refractivity contribution is 0.324. The molecule has 4 nitrogen and oxygen atoms in total. The molecule has 0 amide bonds. The van der Waals surface area contributed by atoms with E-state index in [1.54, 1.807) is 27.4 Å². The molecule has 2 rings (SSSR count). The third kappa shape index (κ3) is 3.64. The maximum absolute atomic E-state index is 9.46. The van der Waals surface area contributed by atoms with Crippen LogP contribution in [0.3, 0.4) is 0 Å². The summed E-state index contributed by atoms with van der Waals surface area (Å²) in [6, 6.07) is 13.7. The third-order valence-electron chi connectivity index (χ3n) is 3.48. The van der Waals surface area contributed by atoms with Gasteiger partial charge in [-0.2, -0.15) is 5.26 Å². The smallest absolute Gasteiger partial charge is 0.203 e. The molecule has 0 fully saturated rings. The fourth-order valence-electron chi connectivity index (χ4n) is 2.26. The van der Waals surface area contributed by atoms with E-state index in [0.717, 1.165) is 16.7 Å². The van der Waals surface area contributed by atoms with Gasteiger partial charge >= 0.3 is 0 Å². The predicted octanol–water partition coefficient (Wildman–Crippen LogP) is 4.09. The fourth-order valence-corrected chi connectivity index (χ4v) is 2.26. The number of methoxy groups -OCH3 is 3. The van der Waals surface area contributed by atoms with Crippen LogP contribution in [-0.4, -0.2) is 21.3 Å². The second kappa shape index (κ2) is 7.37. The van der Waals surface area contributed by atoms with E-state index in [0.29, 0.717) is 22.8 Å². The monoisotopic (exact) mass is 309 g/mol. The van der Waals surface area contributed by atoms with Crippen molar-refractivity contribution in [1.29, 1.82) is 5.26 Å². The largest absolute Gasteiger partial charge is 0.493 e. The van der Waals surface area contributed by atoms with Crippen molar-refractivity contribution in [3.8, 4) is 23.3 Å². The number of nitrogens with zero attached hydrogens (tertiary/aromatic N) is 1. The molecule has 0 bridgehead atoms. The molecule has 0 atom stereocenters. The van der Waals surface area contributed by atoms with Gasteiger partial charge in [-0.3, -0.25) is 0 Å². The van der Waals surface area contributed by atoms with Gasteiger partial charge in [-0.25, -0.2) is 0 Å². The molecule has 0 aromatic heterocycles. The maximum atomic E-state index is 9.46. The van der Waals surface area contributed by atoms with Crippen molar-refractivity contribution in [1.82, 2.24) is 0 Å². The van der Waals surface area contributed by atoms with Crippen molar-refractivity contribution in [3.63, 3.8) is 0 Å². The highest BCUT2D eigenvalue weighted by Gasteiger charge is 2.13. The van der Waals surface area contributed by atoms with Gasteiger partial charge in [0.2, 0.25) is 5.75 Å². The molecule has 23 heavy (non-hydrogen) atoms. The Bertz CT molecular complexity index is 730. The van der Waals surface area contributed by atoms with E-state index >= 15 is 0 Å². The molecule has 0 spiro atoms. The number of rotatable bonds is 5. The van der Waals surface area contributed by atoms with Crippen LogP contribution < -0.4 is 14.2 Å². The number of ether oxygens (including phenoxy) is 3. The second-order valence-electron chi connectivity index (χ2n) is 4.99. The summed E-state index contributed by atoms with van der Waals surface area (Å²) in [6.07, 6.45) is 1.80. The van der Waals surface area contributed by atoms with E-state index in [1.807, 2.05) is 43.3 Å². The van der Waals surface area contributed by atoms with Crippen molar-refractivity contribution in [2.75, 3.05) is 21.3 Å². The number of hydrogen-bond acceptors (Lipinski definition) is 4. The number of hydrogen-bond donors (Lipinski definition) is 0. The van der Waals surface area contributed by atoms with Crippen LogP contribution in [0.25, 0.3) is 11.6 Å². The van der Waals surface area contributed by atoms with Crippen LogP contribution in [0.4, 0.5) is 0 Å². The van der Waals surface area contributed by atoms with E-state index in [4.69, 9.17) is 14.2 Å². The first kappa shape index (κ1) is 16.4. The zero-order valence-corrected chi connectivity index (χ0v) is 13.7. The first-order valence-corrected chi connectivity index (χ1v) is 7.11. The Morgan fingerprint density at radius 1 is 0.957 bits per heavy atom. The van der Waals surface area contributed by atoms with Crippen molar-refractivity contribution in [2.24, 2.45) is 0 Å². The molecule has 0 unspecified atom stereocenters. The van der Waals surface area contributed by atoms with Crippen molar-refractivity contribution < 1.29 is 14.2 Å². The molecule has 118 valence electrons. The average Bonchev–Trinajstić information content (AvgIpc) is 2.59. The molecule has 0 saturated heterocycles. The highest BCUT2D eigenvalue weighted by atomic mass is 16.5. The number of allylic oxidation sites excluding steroid dienone is 1. The van der Waals surface area contributed by atoms with Gasteiger partial charge in [-0.15, -0.1) is 0 Å². The summed E-state index contributed by atoms with van der Waals surface area (Å²) in [5.41, 5.74) is 3.39. The molecule has 0 aliphatic rings. The Labute approximate surface area is 136 Å². The summed E-state index contributed by atoms with van der Waals surface area (Å²) in [4.78, 5) is 0. The zero-order valence-electron chi connectivity index (χ0n) is 13.7. The van der Waals surface area contributed by atoms with E-state index in [1.165, 1.54) is 0 Å². The molecule has 2 aromatic carbocycles. The van der Waals surface area contributed by atoms with Crippen LogP contribution >= 0.6 is 0 Å². The van der Waals surface area contributed by atoms with Crippen molar-refractivity contribution >= 4 is 11.6 Å². The van der Waals surface area contributed by atoms with Crippen LogP contribution in [-0.2, 0) is 0 Å². The summed E-state index contributed by atoms with van der Waals surface area (Å²) >= 11 is 0. The normalized spacial score (nSPS) is 10.8. The lowest BCUT2D eigenvalue weighted by Gasteiger charge is -2.13. The summed E-state index contributed by atoms with van der Waals surface area (Å²) < 4.78 is 16.0. The molecule has 0 aliphatic carbocycles. The molecule has 4 heteroatoms. The van der Waals surface area contributed by atoms with Gasteiger partial charge in [-0.05, 0) is 36.3 Å². The average molecular weight is 309 g/mol. The SMILES string of the molecule is COc1cc(C=C(C#N)c2ccc(C)cc2)cc(OC)c1OC. The van der Waals surface area contributed by atoms with Gasteiger partial charge in [0.25, 0.3) is 0 Å². The van der Waals surface area contributed by atoms with E-state index in [2.05, 4.69) is 6.07 Å². The van der Waals surface area contributed by atoms with Gasteiger partial charge in [0.05, 0.1) is 33.0 Å². The first-order chi connectivity index (χ1) is 11.1. The highest BCUT2D eigenvalue weighted by Crippen LogP contribution is 2.39. The lowest BCUT2D eigenvalue weighted by atomic mass is 10.0. The van der Waals surface area contributed by atoms with Gasteiger partial charge in [0.1, 0.15) is 0 Å².